The van der Waals surface area contributed by atoms with E-state index >= 15 is 0 Å². The van der Waals surface area contributed by atoms with E-state index in [0.29, 0.717) is 11.7 Å². The highest BCUT2D eigenvalue weighted by molar-refractivity contribution is 5.51. The molecular weight excluding hydrogens is 242 g/mol. The van der Waals surface area contributed by atoms with Crippen molar-refractivity contribution < 1.29 is 8.94 Å². The largest absolute Gasteiger partial charge is 0.472 e. The summed E-state index contributed by atoms with van der Waals surface area (Å²) in [5.74, 6) is 1.30. The minimum Gasteiger partial charge on any atom is -0.472 e. The van der Waals surface area contributed by atoms with Crippen LogP contribution in [-0.4, -0.2) is 22.7 Å². The highest BCUT2D eigenvalue weighted by Crippen LogP contribution is 2.31. The van der Waals surface area contributed by atoms with E-state index < -0.39 is 0 Å². The fourth-order valence-electron chi connectivity index (χ4n) is 2.87. The monoisotopic (exact) mass is 261 g/mol. The molecule has 0 atom stereocenters. The molecule has 102 valence electrons. The minimum atomic E-state index is 0.123. The number of hydrogen-bond acceptors (Lipinski definition) is 5. The molecule has 1 N–H and O–H groups in total. The molecule has 0 aliphatic heterocycles. The summed E-state index contributed by atoms with van der Waals surface area (Å²) in [6.07, 6.45) is 10.2. The smallest absolute Gasteiger partial charge is 0.228 e. The summed E-state index contributed by atoms with van der Waals surface area (Å²) in [4.78, 5) is 4.46. The van der Waals surface area contributed by atoms with E-state index in [1.165, 1.54) is 32.1 Å². The average molecular weight is 261 g/mol. The molecule has 2 aromatic heterocycles. The lowest BCUT2D eigenvalue weighted by Crippen LogP contribution is -2.46. The second kappa shape index (κ2) is 5.17. The number of nitrogens with zero attached hydrogens (tertiary/aromatic N) is 2. The molecule has 2 heterocycles. The van der Waals surface area contributed by atoms with Crippen LogP contribution in [0.5, 0.6) is 0 Å². The summed E-state index contributed by atoms with van der Waals surface area (Å²) < 4.78 is 10.4. The van der Waals surface area contributed by atoms with Gasteiger partial charge in [0.05, 0.1) is 11.8 Å². The zero-order valence-corrected chi connectivity index (χ0v) is 11.2. The summed E-state index contributed by atoms with van der Waals surface area (Å²) in [6, 6.07) is 1.84. The van der Waals surface area contributed by atoms with Crippen molar-refractivity contribution in [3.8, 4) is 11.4 Å². The van der Waals surface area contributed by atoms with Crippen LogP contribution in [0, 0.1) is 0 Å². The van der Waals surface area contributed by atoms with Crippen LogP contribution >= 0.6 is 0 Å². The van der Waals surface area contributed by atoms with Gasteiger partial charge in [0, 0.05) is 12.0 Å². The molecule has 1 aliphatic carbocycles. The van der Waals surface area contributed by atoms with Gasteiger partial charge in [-0.2, -0.15) is 4.98 Å². The third-order valence-corrected chi connectivity index (χ3v) is 4.08. The van der Waals surface area contributed by atoms with Crippen LogP contribution in [0.1, 0.15) is 38.0 Å². The molecule has 1 saturated carbocycles. The van der Waals surface area contributed by atoms with Crippen LogP contribution in [0.15, 0.2) is 27.5 Å². The zero-order valence-electron chi connectivity index (χ0n) is 11.2. The van der Waals surface area contributed by atoms with Gasteiger partial charge in [0.2, 0.25) is 11.7 Å². The van der Waals surface area contributed by atoms with E-state index in [-0.39, 0.29) is 5.54 Å². The lowest BCUT2D eigenvalue weighted by Gasteiger charge is -2.36. The number of nitrogens with one attached hydrogen (secondary N) is 1. The third kappa shape index (κ3) is 2.56. The molecule has 0 bridgehead atoms. The lowest BCUT2D eigenvalue weighted by molar-refractivity contribution is 0.221. The Morgan fingerprint density at radius 1 is 1.32 bits per heavy atom. The van der Waals surface area contributed by atoms with E-state index in [0.717, 1.165) is 12.0 Å². The SMILES string of the molecule is CNC1(Cc2nc(-c3ccoc3)no2)CCCCC1. The maximum atomic E-state index is 5.38. The Balaban J connectivity index is 1.76. The maximum absolute atomic E-state index is 5.38. The van der Waals surface area contributed by atoms with Crippen LogP contribution in [-0.2, 0) is 6.42 Å². The van der Waals surface area contributed by atoms with Gasteiger partial charge in [-0.3, -0.25) is 0 Å². The van der Waals surface area contributed by atoms with Crippen molar-refractivity contribution in [2.45, 2.75) is 44.1 Å². The fourth-order valence-corrected chi connectivity index (χ4v) is 2.87. The van der Waals surface area contributed by atoms with Gasteiger partial charge in [0.15, 0.2) is 0 Å². The van der Waals surface area contributed by atoms with Crippen LogP contribution < -0.4 is 5.32 Å². The Morgan fingerprint density at radius 2 is 2.16 bits per heavy atom. The van der Waals surface area contributed by atoms with Crippen molar-refractivity contribution >= 4 is 0 Å². The highest BCUT2D eigenvalue weighted by atomic mass is 16.5. The van der Waals surface area contributed by atoms with Crippen LogP contribution in [0.2, 0.25) is 0 Å². The second-order valence-corrected chi connectivity index (χ2v) is 5.29. The Bertz CT molecular complexity index is 513. The molecule has 19 heavy (non-hydrogen) atoms. The van der Waals surface area contributed by atoms with Gasteiger partial charge < -0.3 is 14.3 Å². The van der Waals surface area contributed by atoms with Gasteiger partial charge in [-0.05, 0) is 26.0 Å². The van der Waals surface area contributed by atoms with Crippen LogP contribution in [0.4, 0.5) is 0 Å². The molecule has 3 rings (SSSR count). The van der Waals surface area contributed by atoms with Crippen molar-refractivity contribution in [1.82, 2.24) is 15.5 Å². The molecule has 0 unspecified atom stereocenters. The molecule has 0 saturated heterocycles. The minimum absolute atomic E-state index is 0.123. The first-order chi connectivity index (χ1) is 9.31. The fraction of sp³-hybridized carbons (Fsp3) is 0.571. The Labute approximate surface area is 112 Å². The number of aromatic nitrogens is 2. The van der Waals surface area contributed by atoms with Crippen molar-refractivity contribution in [2.75, 3.05) is 7.05 Å². The maximum Gasteiger partial charge on any atom is 0.228 e. The Morgan fingerprint density at radius 3 is 2.84 bits per heavy atom. The van der Waals surface area contributed by atoms with E-state index in [1.54, 1.807) is 12.5 Å². The quantitative estimate of drug-likeness (QED) is 0.916. The van der Waals surface area contributed by atoms with Gasteiger partial charge in [-0.15, -0.1) is 0 Å². The van der Waals surface area contributed by atoms with E-state index in [2.05, 4.69) is 15.5 Å². The van der Waals surface area contributed by atoms with Gasteiger partial charge in [0.25, 0.3) is 0 Å². The first kappa shape index (κ1) is 12.4. The number of likely N-dealkylation sites (N-methyl/N-ethyl adjacent to an activating group) is 1. The Hall–Kier alpha value is -1.62. The van der Waals surface area contributed by atoms with Crippen molar-refractivity contribution in [2.24, 2.45) is 0 Å². The topological polar surface area (TPSA) is 64.1 Å². The lowest BCUT2D eigenvalue weighted by atomic mass is 9.79. The molecule has 5 heteroatoms. The summed E-state index contributed by atoms with van der Waals surface area (Å²) >= 11 is 0. The predicted molar refractivity (Wildman–Crippen MR) is 70.6 cm³/mol. The molecule has 1 fully saturated rings. The van der Waals surface area contributed by atoms with Gasteiger partial charge in [-0.25, -0.2) is 0 Å². The molecule has 0 radical (unpaired) electrons. The second-order valence-electron chi connectivity index (χ2n) is 5.29. The van der Waals surface area contributed by atoms with E-state index in [4.69, 9.17) is 8.94 Å². The van der Waals surface area contributed by atoms with Crippen molar-refractivity contribution in [3.05, 3.63) is 24.5 Å². The van der Waals surface area contributed by atoms with E-state index in [1.807, 2.05) is 13.1 Å². The zero-order chi connectivity index (χ0) is 13.1. The van der Waals surface area contributed by atoms with Gasteiger partial charge >= 0.3 is 0 Å². The Kier molecular flexibility index (Phi) is 3.38. The first-order valence-electron chi connectivity index (χ1n) is 6.85. The number of hydrogen-bond donors (Lipinski definition) is 1. The standard InChI is InChI=1S/C14H19N3O2/c1-15-14(6-3-2-4-7-14)9-12-16-13(17-19-12)11-5-8-18-10-11/h5,8,10,15H,2-4,6-7,9H2,1H3. The normalized spacial score (nSPS) is 18.6. The number of rotatable bonds is 4. The molecule has 0 spiro atoms. The van der Waals surface area contributed by atoms with Crippen LogP contribution in [0.25, 0.3) is 11.4 Å². The molecule has 0 aromatic carbocycles. The summed E-state index contributed by atoms with van der Waals surface area (Å²) in [7, 11) is 2.03. The summed E-state index contributed by atoms with van der Waals surface area (Å²) in [5.41, 5.74) is 0.982. The van der Waals surface area contributed by atoms with Gasteiger partial charge in [-0.1, -0.05) is 24.4 Å². The molecule has 1 aliphatic rings. The molecule has 0 amide bonds. The van der Waals surface area contributed by atoms with E-state index in [9.17, 15) is 0 Å². The molecule has 5 nitrogen and oxygen atoms in total. The average Bonchev–Trinajstić information content (AvgIpc) is 3.10. The predicted octanol–water partition coefficient (Wildman–Crippen LogP) is 2.79. The third-order valence-electron chi connectivity index (χ3n) is 4.08. The number of furan rings is 1. The van der Waals surface area contributed by atoms with Crippen molar-refractivity contribution in [3.63, 3.8) is 0 Å². The molecule has 2 aromatic rings. The summed E-state index contributed by atoms with van der Waals surface area (Å²) in [5, 5.41) is 7.48. The summed E-state index contributed by atoms with van der Waals surface area (Å²) in [6.45, 7) is 0. The molecular formula is C14H19N3O2. The van der Waals surface area contributed by atoms with Crippen LogP contribution in [0.3, 0.4) is 0 Å². The van der Waals surface area contributed by atoms with Gasteiger partial charge in [0.1, 0.15) is 6.26 Å². The first-order valence-corrected chi connectivity index (χ1v) is 6.85. The highest BCUT2D eigenvalue weighted by Gasteiger charge is 2.32. The van der Waals surface area contributed by atoms with Crippen molar-refractivity contribution in [1.29, 1.82) is 0 Å².